The maximum atomic E-state index is 12.1. The predicted octanol–water partition coefficient (Wildman–Crippen LogP) is 1.92. The molecule has 0 aliphatic carbocycles. The number of carbonyl (C=O) groups is 1. The van der Waals surface area contributed by atoms with Gasteiger partial charge in [-0.3, -0.25) is 4.79 Å². The maximum absolute atomic E-state index is 12.1. The summed E-state index contributed by atoms with van der Waals surface area (Å²) in [5, 5.41) is 0. The number of likely N-dealkylation sites (N-methyl/N-ethyl adjacent to an activating group) is 1. The molecule has 0 aromatic carbocycles. The minimum atomic E-state index is -0.486. The molecule has 0 saturated heterocycles. The van der Waals surface area contributed by atoms with Crippen LogP contribution >= 0.6 is 0 Å². The zero-order valence-corrected chi connectivity index (χ0v) is 11.3. The van der Waals surface area contributed by atoms with Crippen molar-refractivity contribution in [3.8, 4) is 0 Å². The second-order valence-corrected chi connectivity index (χ2v) is 5.54. The number of rotatable bonds is 3. The molecule has 4 heteroatoms. The van der Waals surface area contributed by atoms with Gasteiger partial charge in [-0.05, 0) is 18.4 Å². The van der Waals surface area contributed by atoms with Gasteiger partial charge in [0.1, 0.15) is 5.76 Å². The molecule has 1 atom stereocenters. The number of hydrogen-bond acceptors (Lipinski definition) is 3. The third kappa shape index (κ3) is 3.33. The molecule has 0 radical (unpaired) electrons. The van der Waals surface area contributed by atoms with E-state index in [4.69, 9.17) is 10.2 Å². The Bertz CT molecular complexity index is 390. The van der Waals surface area contributed by atoms with Crippen LogP contribution < -0.4 is 5.73 Å². The van der Waals surface area contributed by atoms with E-state index in [1.54, 1.807) is 18.2 Å². The molecule has 96 valence electrons. The summed E-state index contributed by atoms with van der Waals surface area (Å²) in [4.78, 5) is 13.7. The van der Waals surface area contributed by atoms with Crippen LogP contribution in [0.3, 0.4) is 0 Å². The van der Waals surface area contributed by atoms with E-state index in [-0.39, 0.29) is 11.3 Å². The fourth-order valence-electron chi connectivity index (χ4n) is 1.52. The molecule has 2 N–H and O–H groups in total. The first-order valence-corrected chi connectivity index (χ1v) is 5.77. The van der Waals surface area contributed by atoms with Crippen LogP contribution in [0, 0.1) is 12.3 Å². The molecule has 0 saturated carbocycles. The summed E-state index contributed by atoms with van der Waals surface area (Å²) in [7, 11) is 1.76. The highest BCUT2D eigenvalue weighted by Crippen LogP contribution is 2.20. The average Bonchev–Trinajstić information content (AvgIpc) is 2.61. The largest absolute Gasteiger partial charge is 0.469 e. The van der Waals surface area contributed by atoms with Crippen molar-refractivity contribution in [1.82, 2.24) is 4.90 Å². The molecule has 1 amide bonds. The van der Waals surface area contributed by atoms with Crippen LogP contribution in [0.4, 0.5) is 0 Å². The molecule has 0 aliphatic heterocycles. The standard InChI is InChI=1S/C13H22N2O2/c1-9-10(6-7-17-9)8-15(5)12(16)11(14)13(2,3)4/h6-7,11H,8,14H2,1-5H3/t11-/m0/s1. The van der Waals surface area contributed by atoms with Gasteiger partial charge in [0.2, 0.25) is 5.91 Å². The Morgan fingerprint density at radius 1 is 1.53 bits per heavy atom. The van der Waals surface area contributed by atoms with Crippen LogP contribution in [0.2, 0.25) is 0 Å². The number of carbonyl (C=O) groups excluding carboxylic acids is 1. The average molecular weight is 238 g/mol. The number of hydrogen-bond donors (Lipinski definition) is 1. The molecule has 0 unspecified atom stereocenters. The number of aryl methyl sites for hydroxylation is 1. The lowest BCUT2D eigenvalue weighted by atomic mass is 9.86. The Hall–Kier alpha value is -1.29. The zero-order valence-electron chi connectivity index (χ0n) is 11.3. The van der Waals surface area contributed by atoms with Crippen molar-refractivity contribution in [2.75, 3.05) is 7.05 Å². The van der Waals surface area contributed by atoms with E-state index in [1.165, 1.54) is 0 Å². The zero-order chi connectivity index (χ0) is 13.2. The quantitative estimate of drug-likeness (QED) is 0.875. The minimum Gasteiger partial charge on any atom is -0.469 e. The number of nitrogens with zero attached hydrogens (tertiary/aromatic N) is 1. The van der Waals surface area contributed by atoms with Crippen molar-refractivity contribution in [1.29, 1.82) is 0 Å². The van der Waals surface area contributed by atoms with Crippen molar-refractivity contribution >= 4 is 5.91 Å². The normalized spacial score (nSPS) is 13.5. The molecule has 1 heterocycles. The summed E-state index contributed by atoms with van der Waals surface area (Å²) in [5.74, 6) is 0.798. The van der Waals surface area contributed by atoms with Gasteiger partial charge in [-0.25, -0.2) is 0 Å². The van der Waals surface area contributed by atoms with Gasteiger partial charge in [-0.15, -0.1) is 0 Å². The van der Waals surface area contributed by atoms with Crippen molar-refractivity contribution in [2.45, 2.75) is 40.3 Å². The summed E-state index contributed by atoms with van der Waals surface area (Å²) < 4.78 is 5.20. The topological polar surface area (TPSA) is 59.5 Å². The molecule has 0 fully saturated rings. The van der Waals surface area contributed by atoms with Crippen LogP contribution in [0.25, 0.3) is 0 Å². The van der Waals surface area contributed by atoms with Gasteiger partial charge < -0.3 is 15.1 Å². The first-order chi connectivity index (χ1) is 7.73. The van der Waals surface area contributed by atoms with E-state index >= 15 is 0 Å². The van der Waals surface area contributed by atoms with Crippen LogP contribution in [0.1, 0.15) is 32.1 Å². The van der Waals surface area contributed by atoms with E-state index in [1.807, 2.05) is 33.8 Å². The second-order valence-electron chi connectivity index (χ2n) is 5.54. The van der Waals surface area contributed by atoms with Crippen LogP contribution in [0.5, 0.6) is 0 Å². The molecular formula is C13H22N2O2. The van der Waals surface area contributed by atoms with Crippen LogP contribution in [0.15, 0.2) is 16.7 Å². The van der Waals surface area contributed by atoms with Crippen molar-refractivity contribution in [2.24, 2.45) is 11.1 Å². The van der Waals surface area contributed by atoms with Crippen LogP contribution in [-0.4, -0.2) is 23.9 Å². The number of amides is 1. The van der Waals surface area contributed by atoms with E-state index in [9.17, 15) is 4.79 Å². The van der Waals surface area contributed by atoms with E-state index in [0.717, 1.165) is 11.3 Å². The molecule has 1 aromatic rings. The Kier molecular flexibility index (Phi) is 3.98. The summed E-state index contributed by atoms with van der Waals surface area (Å²) in [6.07, 6.45) is 1.63. The lowest BCUT2D eigenvalue weighted by Gasteiger charge is -2.29. The van der Waals surface area contributed by atoms with Crippen LogP contribution in [-0.2, 0) is 11.3 Å². The highest BCUT2D eigenvalue weighted by molar-refractivity contribution is 5.82. The van der Waals surface area contributed by atoms with Gasteiger partial charge >= 0.3 is 0 Å². The number of nitrogens with two attached hydrogens (primary N) is 1. The van der Waals surface area contributed by atoms with E-state index in [0.29, 0.717) is 6.54 Å². The van der Waals surface area contributed by atoms with Gasteiger partial charge in [-0.2, -0.15) is 0 Å². The molecule has 1 rings (SSSR count). The summed E-state index contributed by atoms with van der Waals surface area (Å²) >= 11 is 0. The van der Waals surface area contributed by atoms with Crippen molar-refractivity contribution in [3.05, 3.63) is 23.7 Å². The second kappa shape index (κ2) is 4.92. The number of furan rings is 1. The summed E-state index contributed by atoms with van der Waals surface area (Å²) in [5.41, 5.74) is 6.74. The Morgan fingerprint density at radius 3 is 2.53 bits per heavy atom. The van der Waals surface area contributed by atoms with Crippen molar-refractivity contribution in [3.63, 3.8) is 0 Å². The molecule has 17 heavy (non-hydrogen) atoms. The smallest absolute Gasteiger partial charge is 0.240 e. The monoisotopic (exact) mass is 238 g/mol. The Labute approximate surface area is 103 Å². The van der Waals surface area contributed by atoms with E-state index in [2.05, 4.69) is 0 Å². The maximum Gasteiger partial charge on any atom is 0.240 e. The molecule has 0 bridgehead atoms. The third-order valence-electron chi connectivity index (χ3n) is 2.95. The fraction of sp³-hybridized carbons (Fsp3) is 0.615. The molecule has 1 aromatic heterocycles. The van der Waals surface area contributed by atoms with Gasteiger partial charge in [-0.1, -0.05) is 20.8 Å². The first kappa shape index (κ1) is 13.8. The van der Waals surface area contributed by atoms with Gasteiger partial charge in [0.05, 0.1) is 12.3 Å². The molecule has 0 aliphatic rings. The molecular weight excluding hydrogens is 216 g/mol. The highest BCUT2D eigenvalue weighted by atomic mass is 16.3. The lowest BCUT2D eigenvalue weighted by Crippen LogP contribution is -2.48. The highest BCUT2D eigenvalue weighted by Gasteiger charge is 2.29. The van der Waals surface area contributed by atoms with Crippen molar-refractivity contribution < 1.29 is 9.21 Å². The fourth-order valence-corrected chi connectivity index (χ4v) is 1.52. The van der Waals surface area contributed by atoms with Gasteiger partial charge in [0, 0.05) is 19.2 Å². The Morgan fingerprint density at radius 2 is 2.12 bits per heavy atom. The molecule has 0 spiro atoms. The minimum absolute atomic E-state index is 0.0434. The molecule has 4 nitrogen and oxygen atoms in total. The first-order valence-electron chi connectivity index (χ1n) is 5.77. The summed E-state index contributed by atoms with van der Waals surface area (Å²) in [6.45, 7) is 8.31. The third-order valence-corrected chi connectivity index (χ3v) is 2.95. The Balaban J connectivity index is 2.68. The predicted molar refractivity (Wildman–Crippen MR) is 67.3 cm³/mol. The lowest BCUT2D eigenvalue weighted by molar-refractivity contribution is -0.134. The summed E-state index contributed by atoms with van der Waals surface area (Å²) in [6, 6.07) is 1.39. The SMILES string of the molecule is Cc1occc1CN(C)C(=O)[C@H](N)C(C)(C)C. The van der Waals surface area contributed by atoms with Gasteiger partial charge in [0.25, 0.3) is 0 Å². The van der Waals surface area contributed by atoms with Gasteiger partial charge in [0.15, 0.2) is 0 Å². The van der Waals surface area contributed by atoms with E-state index < -0.39 is 6.04 Å².